The van der Waals surface area contributed by atoms with E-state index in [9.17, 15) is 14.4 Å². The molecule has 4 atom stereocenters. The van der Waals surface area contributed by atoms with Gasteiger partial charge >= 0.3 is 0 Å². The standard InChI is InChI=1S/C25H19N3O3/c29-23(27-19-5-1-3-14-4-2-12-26-22(14)19)15-8-10-18(11-9-15)28-24(30)20-16-6-7-17(13-16)21(20)25(28)31/h1-12,16-17,20-21H,13H2,(H,27,29)/t16-,17-,20-,21-/m0/s1. The average Bonchev–Trinajstić information content (AvgIpc) is 3.48. The number of amides is 3. The summed E-state index contributed by atoms with van der Waals surface area (Å²) in [6.07, 6.45) is 6.75. The summed E-state index contributed by atoms with van der Waals surface area (Å²) < 4.78 is 0. The predicted octanol–water partition coefficient (Wildman–Crippen LogP) is 3.80. The lowest BCUT2D eigenvalue weighted by Gasteiger charge is -2.17. The van der Waals surface area contributed by atoms with Crippen molar-refractivity contribution in [3.63, 3.8) is 0 Å². The molecule has 2 fully saturated rings. The number of allylic oxidation sites excluding steroid dienone is 2. The Morgan fingerprint density at radius 3 is 2.29 bits per heavy atom. The average molecular weight is 409 g/mol. The Kier molecular flexibility index (Phi) is 3.84. The van der Waals surface area contributed by atoms with E-state index >= 15 is 0 Å². The zero-order valence-electron chi connectivity index (χ0n) is 16.6. The Balaban J connectivity index is 1.24. The van der Waals surface area contributed by atoms with Gasteiger partial charge in [-0.15, -0.1) is 0 Å². The summed E-state index contributed by atoms with van der Waals surface area (Å²) in [5.74, 6) is -0.625. The fourth-order valence-electron chi connectivity index (χ4n) is 5.32. The first-order valence-corrected chi connectivity index (χ1v) is 10.4. The van der Waals surface area contributed by atoms with Crippen LogP contribution in [-0.4, -0.2) is 22.7 Å². The van der Waals surface area contributed by atoms with E-state index in [-0.39, 0.29) is 41.4 Å². The van der Waals surface area contributed by atoms with Crippen molar-refractivity contribution in [2.45, 2.75) is 6.42 Å². The van der Waals surface area contributed by atoms with Crippen LogP contribution in [0.2, 0.25) is 0 Å². The first-order chi connectivity index (χ1) is 15.1. The molecular weight excluding hydrogens is 390 g/mol. The third kappa shape index (κ3) is 2.64. The summed E-state index contributed by atoms with van der Waals surface area (Å²) in [4.78, 5) is 44.4. The van der Waals surface area contributed by atoms with E-state index in [0.717, 1.165) is 17.3 Å². The van der Waals surface area contributed by atoms with Crippen LogP contribution in [0.1, 0.15) is 16.8 Å². The number of rotatable bonds is 3. The van der Waals surface area contributed by atoms with Crippen molar-refractivity contribution in [1.29, 1.82) is 0 Å². The normalized spacial score (nSPS) is 26.0. The molecule has 3 amide bonds. The molecular formula is C25H19N3O3. The van der Waals surface area contributed by atoms with Gasteiger partial charge in [0.25, 0.3) is 5.91 Å². The second kappa shape index (κ2) is 6.60. The molecule has 2 aromatic carbocycles. The van der Waals surface area contributed by atoms with Crippen LogP contribution in [0.25, 0.3) is 10.9 Å². The lowest BCUT2D eigenvalue weighted by Crippen LogP contribution is -2.32. The second-order valence-corrected chi connectivity index (χ2v) is 8.39. The molecule has 2 aliphatic carbocycles. The van der Waals surface area contributed by atoms with E-state index < -0.39 is 0 Å². The second-order valence-electron chi connectivity index (χ2n) is 8.39. The summed E-state index contributed by atoms with van der Waals surface area (Å²) in [6, 6.07) is 16.0. The molecule has 152 valence electrons. The number of para-hydroxylation sites is 1. The Hall–Kier alpha value is -3.80. The van der Waals surface area contributed by atoms with Crippen molar-refractivity contribution in [3.8, 4) is 0 Å². The van der Waals surface area contributed by atoms with Crippen molar-refractivity contribution < 1.29 is 14.4 Å². The number of anilines is 2. The molecule has 0 unspecified atom stereocenters. The van der Waals surface area contributed by atoms with E-state index in [2.05, 4.69) is 22.5 Å². The van der Waals surface area contributed by atoms with Gasteiger partial charge in [-0.05, 0) is 54.7 Å². The van der Waals surface area contributed by atoms with Crippen LogP contribution in [0, 0.1) is 23.7 Å². The van der Waals surface area contributed by atoms with E-state index in [1.807, 2.05) is 30.3 Å². The number of pyridine rings is 1. The van der Waals surface area contributed by atoms with Crippen LogP contribution in [0.15, 0.2) is 72.9 Å². The number of nitrogens with zero attached hydrogens (tertiary/aromatic N) is 2. The van der Waals surface area contributed by atoms with Crippen LogP contribution >= 0.6 is 0 Å². The van der Waals surface area contributed by atoms with Gasteiger partial charge in [0, 0.05) is 17.1 Å². The van der Waals surface area contributed by atoms with Gasteiger partial charge in [0.1, 0.15) is 0 Å². The predicted molar refractivity (Wildman–Crippen MR) is 116 cm³/mol. The molecule has 3 aromatic rings. The summed E-state index contributed by atoms with van der Waals surface area (Å²) in [5, 5.41) is 3.84. The minimum absolute atomic E-state index is 0.120. The Bertz CT molecular complexity index is 1250. The third-order valence-corrected chi connectivity index (χ3v) is 6.74. The molecule has 0 radical (unpaired) electrons. The number of hydrogen-bond acceptors (Lipinski definition) is 4. The zero-order chi connectivity index (χ0) is 21.1. The van der Waals surface area contributed by atoms with Gasteiger partial charge in [0.2, 0.25) is 11.8 Å². The maximum atomic E-state index is 13.0. The lowest BCUT2D eigenvalue weighted by atomic mass is 9.85. The molecule has 1 aliphatic heterocycles. The molecule has 1 aromatic heterocycles. The van der Waals surface area contributed by atoms with E-state index in [0.29, 0.717) is 16.9 Å². The quantitative estimate of drug-likeness (QED) is 0.527. The minimum Gasteiger partial charge on any atom is -0.320 e. The molecule has 6 nitrogen and oxygen atoms in total. The maximum Gasteiger partial charge on any atom is 0.255 e. The molecule has 2 bridgehead atoms. The number of aromatic nitrogens is 1. The number of benzene rings is 2. The Labute approximate surface area is 178 Å². The highest BCUT2D eigenvalue weighted by atomic mass is 16.2. The van der Waals surface area contributed by atoms with Gasteiger partial charge in [-0.3, -0.25) is 24.3 Å². The van der Waals surface area contributed by atoms with Crippen LogP contribution in [0.5, 0.6) is 0 Å². The highest BCUT2D eigenvalue weighted by Crippen LogP contribution is 2.53. The number of carbonyl (C=O) groups is 3. The highest BCUT2D eigenvalue weighted by molar-refractivity contribution is 6.23. The first-order valence-electron chi connectivity index (χ1n) is 10.4. The fraction of sp³-hybridized carbons (Fsp3) is 0.200. The van der Waals surface area contributed by atoms with Crippen LogP contribution in [-0.2, 0) is 9.59 Å². The largest absolute Gasteiger partial charge is 0.320 e. The number of nitrogens with one attached hydrogen (secondary N) is 1. The van der Waals surface area contributed by atoms with Crippen LogP contribution in [0.3, 0.4) is 0 Å². The molecule has 6 rings (SSSR count). The van der Waals surface area contributed by atoms with Gasteiger partial charge in [0.15, 0.2) is 0 Å². The smallest absolute Gasteiger partial charge is 0.255 e. The van der Waals surface area contributed by atoms with Gasteiger partial charge < -0.3 is 5.32 Å². The van der Waals surface area contributed by atoms with Gasteiger partial charge in [-0.1, -0.05) is 30.4 Å². The lowest BCUT2D eigenvalue weighted by molar-refractivity contribution is -0.123. The third-order valence-electron chi connectivity index (χ3n) is 6.74. The SMILES string of the molecule is O=C(Nc1cccc2cccnc12)c1ccc(N2C(=O)[C@@H]3[C@@H](C2=O)[C@H]2C=C[C@H]3C2)cc1. The van der Waals surface area contributed by atoms with Crippen molar-refractivity contribution in [2.24, 2.45) is 23.7 Å². The van der Waals surface area contributed by atoms with Crippen molar-refractivity contribution in [2.75, 3.05) is 10.2 Å². The number of carbonyl (C=O) groups excluding carboxylic acids is 3. The molecule has 2 heterocycles. The van der Waals surface area contributed by atoms with Crippen molar-refractivity contribution in [1.82, 2.24) is 4.98 Å². The molecule has 31 heavy (non-hydrogen) atoms. The van der Waals surface area contributed by atoms with Gasteiger partial charge in [0.05, 0.1) is 28.7 Å². The van der Waals surface area contributed by atoms with Crippen LogP contribution < -0.4 is 10.2 Å². The molecule has 3 aliphatic rings. The minimum atomic E-state index is -0.275. The fourth-order valence-corrected chi connectivity index (χ4v) is 5.32. The molecule has 1 saturated heterocycles. The van der Waals surface area contributed by atoms with E-state index in [4.69, 9.17) is 0 Å². The van der Waals surface area contributed by atoms with E-state index in [1.54, 1.807) is 30.5 Å². The maximum absolute atomic E-state index is 13.0. The number of fused-ring (bicyclic) bond motifs is 6. The molecule has 0 spiro atoms. The summed E-state index contributed by atoms with van der Waals surface area (Å²) in [7, 11) is 0. The summed E-state index contributed by atoms with van der Waals surface area (Å²) >= 11 is 0. The van der Waals surface area contributed by atoms with E-state index in [1.165, 1.54) is 4.90 Å². The summed E-state index contributed by atoms with van der Waals surface area (Å²) in [5.41, 5.74) is 2.32. The zero-order valence-corrected chi connectivity index (χ0v) is 16.6. The first kappa shape index (κ1) is 18.0. The topological polar surface area (TPSA) is 79.4 Å². The Morgan fingerprint density at radius 1 is 0.903 bits per heavy atom. The monoisotopic (exact) mass is 409 g/mol. The van der Waals surface area contributed by atoms with Gasteiger partial charge in [-0.25, -0.2) is 0 Å². The molecule has 6 heteroatoms. The van der Waals surface area contributed by atoms with Crippen molar-refractivity contribution >= 4 is 40.0 Å². The summed E-state index contributed by atoms with van der Waals surface area (Å²) in [6.45, 7) is 0. The molecule has 1 N–H and O–H groups in total. The molecule has 1 saturated carbocycles. The number of imide groups is 1. The number of hydrogen-bond donors (Lipinski definition) is 1. The van der Waals surface area contributed by atoms with Gasteiger partial charge in [-0.2, -0.15) is 0 Å². The Morgan fingerprint density at radius 2 is 1.58 bits per heavy atom. The highest BCUT2D eigenvalue weighted by Gasteiger charge is 2.59. The van der Waals surface area contributed by atoms with Crippen LogP contribution in [0.4, 0.5) is 11.4 Å². The van der Waals surface area contributed by atoms with Crippen molar-refractivity contribution in [3.05, 3.63) is 78.5 Å².